The standard InChI is InChI=1S/C19H28ClN5O3/c1-12-3-4-14(7-15(12)20)18-23-9-16(28-11-17(26)22-2)19(25(18)27)24-6-5-13(8-21)10-24/h3-4,7,13,16,18-19,23H,5-6,8-11,21H2,1-2H3/p+1. The van der Waals surface area contributed by atoms with E-state index in [-0.39, 0.29) is 12.5 Å². The van der Waals surface area contributed by atoms with Gasteiger partial charge in [-0.1, -0.05) is 23.7 Å². The van der Waals surface area contributed by atoms with Gasteiger partial charge in [-0.2, -0.15) is 0 Å². The molecular weight excluding hydrogens is 382 g/mol. The van der Waals surface area contributed by atoms with Crippen LogP contribution in [0.3, 0.4) is 0 Å². The summed E-state index contributed by atoms with van der Waals surface area (Å²) < 4.78 is 6.85. The Morgan fingerprint density at radius 2 is 2.29 bits per heavy atom. The third kappa shape index (κ3) is 4.52. The van der Waals surface area contributed by atoms with Gasteiger partial charge in [-0.15, -0.1) is 0 Å². The van der Waals surface area contributed by atoms with Gasteiger partial charge in [-0.25, -0.2) is 10.2 Å². The van der Waals surface area contributed by atoms with E-state index in [4.69, 9.17) is 22.1 Å². The van der Waals surface area contributed by atoms with Crippen LogP contribution in [0.15, 0.2) is 18.2 Å². The topological polar surface area (TPSA) is 99.7 Å². The first-order valence-corrected chi connectivity index (χ1v) is 10.0. The summed E-state index contributed by atoms with van der Waals surface area (Å²) >= 11 is 6.27. The second-order valence-corrected chi connectivity index (χ2v) is 7.91. The highest BCUT2D eigenvalue weighted by Crippen LogP contribution is 2.30. The van der Waals surface area contributed by atoms with Gasteiger partial charge in [0.15, 0.2) is 6.10 Å². The minimum Gasteiger partial charge on any atom is -0.358 e. The van der Waals surface area contributed by atoms with Gasteiger partial charge >= 0.3 is 0 Å². The van der Waals surface area contributed by atoms with Crippen molar-refractivity contribution in [3.63, 3.8) is 0 Å². The van der Waals surface area contributed by atoms with Crippen LogP contribution < -0.4 is 16.4 Å². The predicted molar refractivity (Wildman–Crippen MR) is 107 cm³/mol. The third-order valence-electron chi connectivity index (χ3n) is 5.60. The molecule has 4 atom stereocenters. The molecule has 2 heterocycles. The molecular formula is C19H29ClN5O3+. The van der Waals surface area contributed by atoms with Crippen molar-refractivity contribution < 1.29 is 14.3 Å². The maximum absolute atomic E-state index is 13.4. The summed E-state index contributed by atoms with van der Waals surface area (Å²) in [6, 6.07) is 5.66. The number of nitroso groups, excluding NO2 is 1. The van der Waals surface area contributed by atoms with E-state index < -0.39 is 18.4 Å². The lowest BCUT2D eigenvalue weighted by atomic mass is 10.1. The van der Waals surface area contributed by atoms with Gasteiger partial charge in [-0.3, -0.25) is 4.79 Å². The van der Waals surface area contributed by atoms with E-state index in [1.165, 1.54) is 0 Å². The minimum atomic E-state index is -0.528. The van der Waals surface area contributed by atoms with Crippen LogP contribution in [0.1, 0.15) is 23.7 Å². The summed E-state index contributed by atoms with van der Waals surface area (Å²) in [5.74, 6) is 0.153. The molecule has 2 aliphatic rings. The molecule has 3 rings (SSSR count). The number of amides is 1. The zero-order valence-corrected chi connectivity index (χ0v) is 17.1. The predicted octanol–water partition coefficient (Wildman–Crippen LogP) is 0.767. The smallest absolute Gasteiger partial charge is 0.286 e. The highest BCUT2D eigenvalue weighted by molar-refractivity contribution is 6.31. The van der Waals surface area contributed by atoms with Crippen molar-refractivity contribution in [3.8, 4) is 0 Å². The molecule has 28 heavy (non-hydrogen) atoms. The summed E-state index contributed by atoms with van der Waals surface area (Å²) in [4.78, 5) is 27.1. The largest absolute Gasteiger partial charge is 0.358 e. The number of benzene rings is 1. The number of likely N-dealkylation sites (tertiary alicyclic amines) is 1. The molecule has 2 saturated heterocycles. The van der Waals surface area contributed by atoms with Gasteiger partial charge in [0.1, 0.15) is 6.61 Å². The lowest BCUT2D eigenvalue weighted by Gasteiger charge is -2.34. The highest BCUT2D eigenvalue weighted by atomic mass is 35.5. The summed E-state index contributed by atoms with van der Waals surface area (Å²) in [7, 11) is 1.56. The third-order valence-corrected chi connectivity index (χ3v) is 6.01. The van der Waals surface area contributed by atoms with Gasteiger partial charge in [0.2, 0.25) is 5.91 Å². The van der Waals surface area contributed by atoms with E-state index >= 15 is 0 Å². The molecule has 2 aliphatic heterocycles. The Kier molecular flexibility index (Phi) is 7.00. The molecule has 0 bridgehead atoms. The van der Waals surface area contributed by atoms with Crippen LogP contribution >= 0.6 is 11.6 Å². The summed E-state index contributed by atoms with van der Waals surface area (Å²) in [5, 5.41) is 6.42. The molecule has 1 aromatic rings. The number of likely N-dealkylation sites (N-methyl/N-ethyl adjacent to an activating group) is 1. The first-order valence-electron chi connectivity index (χ1n) is 9.65. The van der Waals surface area contributed by atoms with E-state index in [1.807, 2.05) is 25.1 Å². The summed E-state index contributed by atoms with van der Waals surface area (Å²) in [5.41, 5.74) is 7.61. The van der Waals surface area contributed by atoms with E-state index in [2.05, 4.69) is 15.5 Å². The molecule has 0 aromatic heterocycles. The number of carbonyl (C=O) groups is 1. The lowest BCUT2D eigenvalue weighted by Crippen LogP contribution is -2.61. The normalized spacial score (nSPS) is 28.5. The second-order valence-electron chi connectivity index (χ2n) is 7.50. The molecule has 8 nitrogen and oxygen atoms in total. The molecule has 0 spiro atoms. The molecule has 1 amide bonds. The maximum atomic E-state index is 13.4. The van der Waals surface area contributed by atoms with Crippen LogP contribution in [-0.4, -0.2) is 67.7 Å². The Morgan fingerprint density at radius 3 is 2.93 bits per heavy atom. The maximum Gasteiger partial charge on any atom is 0.286 e. The Balaban J connectivity index is 1.82. The average Bonchev–Trinajstić information content (AvgIpc) is 3.17. The Labute approximate surface area is 170 Å². The fourth-order valence-corrected chi connectivity index (χ4v) is 4.06. The molecule has 154 valence electrons. The fraction of sp³-hybridized carbons (Fsp3) is 0.632. The van der Waals surface area contributed by atoms with Crippen molar-refractivity contribution in [3.05, 3.63) is 39.3 Å². The second kappa shape index (κ2) is 9.28. The molecule has 0 aliphatic carbocycles. The molecule has 1 aromatic carbocycles. The number of carbonyl (C=O) groups excluding carboxylic acids is 1. The molecule has 2 fully saturated rings. The van der Waals surface area contributed by atoms with Gasteiger partial charge < -0.3 is 15.8 Å². The van der Waals surface area contributed by atoms with Crippen molar-refractivity contribution in [2.75, 3.05) is 39.8 Å². The van der Waals surface area contributed by atoms with E-state index in [9.17, 15) is 9.70 Å². The summed E-state index contributed by atoms with van der Waals surface area (Å²) in [6.07, 6.45) is -0.492. The number of nitrogens with zero attached hydrogens (tertiary/aromatic N) is 2. The number of halogens is 1. The van der Waals surface area contributed by atoms with Crippen molar-refractivity contribution in [1.82, 2.24) is 15.5 Å². The number of nitrogens with one attached hydrogen (secondary N) is 2. The van der Waals surface area contributed by atoms with Crippen LogP contribution in [0.25, 0.3) is 0 Å². The minimum absolute atomic E-state index is 0.0810. The number of ether oxygens (including phenoxy) is 1. The molecule has 9 heteroatoms. The quantitative estimate of drug-likeness (QED) is 0.599. The fourth-order valence-electron chi connectivity index (χ4n) is 3.87. The zero-order valence-electron chi connectivity index (χ0n) is 16.4. The Morgan fingerprint density at radius 1 is 1.50 bits per heavy atom. The van der Waals surface area contributed by atoms with Crippen LogP contribution in [0.2, 0.25) is 5.02 Å². The van der Waals surface area contributed by atoms with Gasteiger partial charge in [0.05, 0.1) is 0 Å². The molecule has 0 radical (unpaired) electrons. The zero-order chi connectivity index (χ0) is 20.3. The van der Waals surface area contributed by atoms with Crippen molar-refractivity contribution in [2.45, 2.75) is 31.8 Å². The lowest BCUT2D eigenvalue weighted by molar-refractivity contribution is -0.671. The van der Waals surface area contributed by atoms with Gasteiger partial charge in [0.25, 0.3) is 12.3 Å². The molecule has 4 unspecified atom stereocenters. The summed E-state index contributed by atoms with van der Waals surface area (Å²) in [6.45, 7) is 4.44. The molecule has 4 N–H and O–H groups in total. The number of hydrogen-bond acceptors (Lipinski definition) is 6. The first kappa shape index (κ1) is 21.1. The van der Waals surface area contributed by atoms with Crippen molar-refractivity contribution >= 4 is 17.5 Å². The SMILES string of the molecule is CNC(=O)COC1CNC(c2ccc(C)c(Cl)c2)[N+](=O)C1N1CCC(CN)C1. The van der Waals surface area contributed by atoms with Crippen LogP contribution in [0.4, 0.5) is 0 Å². The van der Waals surface area contributed by atoms with Crippen LogP contribution in [0.5, 0.6) is 0 Å². The number of aryl methyl sites for hydroxylation is 1. The number of rotatable bonds is 6. The average molecular weight is 411 g/mol. The van der Waals surface area contributed by atoms with Crippen LogP contribution in [0, 0.1) is 17.7 Å². The number of nitrogens with two attached hydrogens (primary N) is 1. The van der Waals surface area contributed by atoms with Crippen molar-refractivity contribution in [1.29, 1.82) is 0 Å². The highest BCUT2D eigenvalue weighted by Gasteiger charge is 2.51. The Hall–Kier alpha value is -1.58. The molecule has 0 saturated carbocycles. The van der Waals surface area contributed by atoms with E-state index in [0.29, 0.717) is 24.0 Å². The number of hydrogen-bond donors (Lipinski definition) is 3. The van der Waals surface area contributed by atoms with E-state index in [0.717, 1.165) is 35.4 Å². The van der Waals surface area contributed by atoms with Crippen LogP contribution in [-0.2, 0) is 9.53 Å². The van der Waals surface area contributed by atoms with Gasteiger partial charge in [-0.05, 0) is 37.4 Å². The van der Waals surface area contributed by atoms with E-state index in [1.54, 1.807) is 7.05 Å². The van der Waals surface area contributed by atoms with Crippen molar-refractivity contribution in [2.24, 2.45) is 11.7 Å². The Bertz CT molecular complexity index is 732. The van der Waals surface area contributed by atoms with Gasteiger partial charge in [0, 0.05) is 46.9 Å². The first-order chi connectivity index (χ1) is 13.4. The monoisotopic (exact) mass is 410 g/mol.